The van der Waals surface area contributed by atoms with Crippen molar-refractivity contribution >= 4 is 54.2 Å². The molecule has 0 aliphatic heterocycles. The Morgan fingerprint density at radius 2 is 1.00 bits per heavy atom. The van der Waals surface area contributed by atoms with E-state index < -0.39 is 0 Å². The van der Waals surface area contributed by atoms with Crippen LogP contribution in [0.15, 0.2) is 0 Å². The summed E-state index contributed by atoms with van der Waals surface area (Å²) in [5.41, 5.74) is 15.4. The van der Waals surface area contributed by atoms with E-state index in [1.807, 2.05) is 6.79 Å². The van der Waals surface area contributed by atoms with Gasteiger partial charge < -0.3 is 22.0 Å². The van der Waals surface area contributed by atoms with Crippen molar-refractivity contribution in [2.75, 3.05) is 17.2 Å². The molecule has 1 heterocycles. The molecule has 0 bridgehead atoms. The van der Waals surface area contributed by atoms with Crippen molar-refractivity contribution in [1.29, 1.82) is 0 Å². The molecule has 1 aromatic rings. The van der Waals surface area contributed by atoms with Crippen LogP contribution in [0.2, 0.25) is 0 Å². The molecular weight excluding hydrogens is 171 g/mol. The van der Waals surface area contributed by atoms with E-state index in [4.69, 9.17) is 22.0 Å². The summed E-state index contributed by atoms with van der Waals surface area (Å²) >= 11 is 0. The van der Waals surface area contributed by atoms with Gasteiger partial charge in [-0.1, -0.05) is 0 Å². The van der Waals surface area contributed by atoms with Crippen molar-refractivity contribution in [1.82, 2.24) is 15.0 Å². The Hall–Kier alpha value is -0.920. The summed E-state index contributed by atoms with van der Waals surface area (Å²) in [6.45, 7) is 2.00. The Morgan fingerprint density at radius 1 is 0.833 bits per heavy atom. The molecule has 8 heteroatoms. The quantitative estimate of drug-likeness (QED) is 0.385. The van der Waals surface area contributed by atoms with Gasteiger partial charge in [-0.05, 0) is 0 Å². The minimum atomic E-state index is 0. The summed E-state index contributed by atoms with van der Waals surface area (Å²) in [7, 11) is 0. The van der Waals surface area contributed by atoms with Gasteiger partial charge in [0.05, 0.1) is 0 Å². The van der Waals surface area contributed by atoms with Crippen molar-refractivity contribution in [3.63, 3.8) is 0 Å². The summed E-state index contributed by atoms with van der Waals surface area (Å²) in [4.78, 5) is 18.5. The number of rotatable bonds is 0. The van der Waals surface area contributed by atoms with Crippen LogP contribution < -0.4 is 17.2 Å². The number of carbonyl (C=O) groups excluding carboxylic acids is 1. The van der Waals surface area contributed by atoms with E-state index >= 15 is 0 Å². The van der Waals surface area contributed by atoms with Crippen LogP contribution in [-0.4, -0.2) is 51.3 Å². The minimum absolute atomic E-state index is 0. The molecule has 62 valence electrons. The summed E-state index contributed by atoms with van der Waals surface area (Å²) in [5, 5.41) is 0. The molecule has 6 N–H and O–H groups in total. The second kappa shape index (κ2) is 6.77. The first-order valence-corrected chi connectivity index (χ1v) is 2.50. The normalized spacial score (nSPS) is 7.33. The molecule has 0 amide bonds. The van der Waals surface area contributed by atoms with Gasteiger partial charge in [0.25, 0.3) is 0 Å². The van der Waals surface area contributed by atoms with Crippen LogP contribution in [0, 0.1) is 0 Å². The number of nitrogen functional groups attached to an aromatic ring is 3. The van der Waals surface area contributed by atoms with Gasteiger partial charge in [-0.2, -0.15) is 15.0 Å². The Labute approximate surface area is 91.1 Å². The third-order valence-electron chi connectivity index (χ3n) is 0.687. The zero-order valence-electron chi connectivity index (χ0n) is 5.69. The number of anilines is 3. The first-order valence-electron chi connectivity index (χ1n) is 2.50. The summed E-state index contributed by atoms with van der Waals surface area (Å²) in [5.74, 6) is 0.125. The molecule has 0 saturated carbocycles. The molecule has 0 aliphatic carbocycles. The molecule has 0 saturated heterocycles. The molecule has 0 unspecified atom stereocenters. The van der Waals surface area contributed by atoms with Crippen molar-refractivity contribution in [2.45, 2.75) is 0 Å². The van der Waals surface area contributed by atoms with Crippen LogP contribution in [0.1, 0.15) is 0 Å². The molecule has 7 nitrogen and oxygen atoms in total. The van der Waals surface area contributed by atoms with Crippen LogP contribution in [0.5, 0.6) is 0 Å². The molecule has 0 aliphatic rings. The summed E-state index contributed by atoms with van der Waals surface area (Å²) < 4.78 is 0. The van der Waals surface area contributed by atoms with Crippen LogP contribution in [-0.2, 0) is 4.79 Å². The third-order valence-corrected chi connectivity index (χ3v) is 0.687. The van der Waals surface area contributed by atoms with E-state index in [-0.39, 0.29) is 47.4 Å². The van der Waals surface area contributed by atoms with Gasteiger partial charge in [-0.15, -0.1) is 0 Å². The topological polar surface area (TPSA) is 134 Å². The van der Waals surface area contributed by atoms with Gasteiger partial charge in [0.1, 0.15) is 6.79 Å². The SMILES string of the molecule is C=O.Nc1nc(N)nc(N)n1.[NaH]. The Kier molecular flexibility index (Phi) is 7.70. The first-order chi connectivity index (χ1) is 5.18. The average molecular weight is 180 g/mol. The molecule has 0 fully saturated rings. The molecule has 1 rings (SSSR count). The second-order valence-electron chi connectivity index (χ2n) is 1.41. The molecule has 0 radical (unpaired) electrons. The van der Waals surface area contributed by atoms with Gasteiger partial charge in [-0.25, -0.2) is 0 Å². The standard InChI is InChI=1S/C3H6N6.CH2O.Na.H/c4-1-7-2(5)9-3(6)8-1;1-2;;/h(H6,4,5,6,7,8,9);1H2;;. The monoisotopic (exact) mass is 180 g/mol. The van der Waals surface area contributed by atoms with Gasteiger partial charge >= 0.3 is 29.6 Å². The van der Waals surface area contributed by atoms with Crippen molar-refractivity contribution < 1.29 is 4.79 Å². The van der Waals surface area contributed by atoms with Crippen molar-refractivity contribution in [3.8, 4) is 0 Å². The predicted octanol–water partition coefficient (Wildman–Crippen LogP) is -2.22. The molecule has 12 heavy (non-hydrogen) atoms. The van der Waals surface area contributed by atoms with E-state index in [1.165, 1.54) is 0 Å². The van der Waals surface area contributed by atoms with E-state index in [2.05, 4.69) is 15.0 Å². The number of hydrogen-bond acceptors (Lipinski definition) is 7. The number of carbonyl (C=O) groups is 1. The number of hydrogen-bond donors (Lipinski definition) is 3. The fraction of sp³-hybridized carbons (Fsp3) is 0. The van der Waals surface area contributed by atoms with Crippen LogP contribution in [0.4, 0.5) is 17.8 Å². The zero-order chi connectivity index (χ0) is 8.85. The van der Waals surface area contributed by atoms with Gasteiger partial charge in [-0.3, -0.25) is 0 Å². The zero-order valence-corrected chi connectivity index (χ0v) is 5.69. The third kappa shape index (κ3) is 4.83. The average Bonchev–Trinajstić information content (AvgIpc) is 1.88. The maximum atomic E-state index is 8.00. The maximum absolute atomic E-state index is 8.00. The summed E-state index contributed by atoms with van der Waals surface area (Å²) in [6, 6.07) is 0. The molecule has 0 spiro atoms. The van der Waals surface area contributed by atoms with Crippen molar-refractivity contribution in [2.24, 2.45) is 0 Å². The van der Waals surface area contributed by atoms with Crippen LogP contribution >= 0.6 is 0 Å². The van der Waals surface area contributed by atoms with Crippen molar-refractivity contribution in [3.05, 3.63) is 0 Å². The number of nitrogens with zero attached hydrogens (tertiary/aromatic N) is 3. The second-order valence-corrected chi connectivity index (χ2v) is 1.41. The number of nitrogens with two attached hydrogens (primary N) is 3. The Morgan fingerprint density at radius 3 is 1.17 bits per heavy atom. The Bertz CT molecular complexity index is 193. The van der Waals surface area contributed by atoms with Crippen LogP contribution in [0.25, 0.3) is 0 Å². The van der Waals surface area contributed by atoms with E-state index in [9.17, 15) is 0 Å². The first kappa shape index (κ1) is 13.7. The van der Waals surface area contributed by atoms with E-state index in [0.29, 0.717) is 0 Å². The van der Waals surface area contributed by atoms with E-state index in [0.717, 1.165) is 0 Å². The molecule has 1 aromatic heterocycles. The fourth-order valence-electron chi connectivity index (χ4n) is 0.427. The number of aromatic nitrogens is 3. The molecule has 0 atom stereocenters. The van der Waals surface area contributed by atoms with Gasteiger partial charge in [0, 0.05) is 0 Å². The molecule has 0 aromatic carbocycles. The summed E-state index contributed by atoms with van der Waals surface area (Å²) in [6.07, 6.45) is 0. The molecular formula is C4H9N6NaO. The van der Waals surface area contributed by atoms with Crippen LogP contribution in [0.3, 0.4) is 0 Å². The Balaban J connectivity index is 0. The van der Waals surface area contributed by atoms with E-state index in [1.54, 1.807) is 0 Å². The van der Waals surface area contributed by atoms with Gasteiger partial charge in [0.15, 0.2) is 0 Å². The van der Waals surface area contributed by atoms with Gasteiger partial charge in [0.2, 0.25) is 17.8 Å². The fourth-order valence-corrected chi connectivity index (χ4v) is 0.427. The predicted molar refractivity (Wildman–Crippen MR) is 47.3 cm³/mol.